The van der Waals surface area contributed by atoms with E-state index in [-0.39, 0.29) is 5.82 Å². The maximum atomic E-state index is 13.5. The molecule has 0 amide bonds. The van der Waals surface area contributed by atoms with Crippen molar-refractivity contribution in [1.82, 2.24) is 5.32 Å². The van der Waals surface area contributed by atoms with Crippen LogP contribution in [0, 0.1) is 5.82 Å². The monoisotopic (exact) mass is 348 g/mol. The Kier molecular flexibility index (Phi) is 6.81. The van der Waals surface area contributed by atoms with Gasteiger partial charge in [0.25, 0.3) is 0 Å². The van der Waals surface area contributed by atoms with Gasteiger partial charge in [-0.3, -0.25) is 0 Å². The van der Waals surface area contributed by atoms with E-state index in [1.54, 1.807) is 32.4 Å². The lowest BCUT2D eigenvalue weighted by molar-refractivity contribution is 0.354. The van der Waals surface area contributed by atoms with Crippen molar-refractivity contribution in [2.75, 3.05) is 26.1 Å². The largest absolute Gasteiger partial charge is 0.493 e. The van der Waals surface area contributed by atoms with Crippen LogP contribution in [0.3, 0.4) is 0 Å². The van der Waals surface area contributed by atoms with Gasteiger partial charge >= 0.3 is 0 Å². The van der Waals surface area contributed by atoms with E-state index in [1.807, 2.05) is 18.2 Å². The Hall–Kier alpha value is -2.34. The molecular formula is C18H21FN2O2S. The maximum Gasteiger partial charge on any atom is 0.170 e. The van der Waals surface area contributed by atoms with E-state index < -0.39 is 0 Å². The van der Waals surface area contributed by atoms with E-state index in [9.17, 15) is 4.39 Å². The van der Waals surface area contributed by atoms with Gasteiger partial charge in [-0.1, -0.05) is 18.2 Å². The van der Waals surface area contributed by atoms with Gasteiger partial charge in [0.1, 0.15) is 5.82 Å². The fourth-order valence-corrected chi connectivity index (χ4v) is 2.47. The quantitative estimate of drug-likeness (QED) is 0.589. The molecular weight excluding hydrogens is 327 g/mol. The van der Waals surface area contributed by atoms with Gasteiger partial charge in [0.2, 0.25) is 0 Å². The molecule has 0 saturated carbocycles. The Morgan fingerprint density at radius 1 is 1.08 bits per heavy atom. The minimum absolute atomic E-state index is 0.327. The summed E-state index contributed by atoms with van der Waals surface area (Å²) in [7, 11) is 3.24. The van der Waals surface area contributed by atoms with Crippen molar-refractivity contribution in [3.05, 3.63) is 53.8 Å². The third-order valence-electron chi connectivity index (χ3n) is 3.50. The molecule has 0 aliphatic carbocycles. The molecule has 6 heteroatoms. The second-order valence-electron chi connectivity index (χ2n) is 5.15. The molecule has 2 aromatic carbocycles. The molecule has 4 nitrogen and oxygen atoms in total. The zero-order valence-electron chi connectivity index (χ0n) is 13.8. The van der Waals surface area contributed by atoms with Crippen LogP contribution in [0.25, 0.3) is 0 Å². The van der Waals surface area contributed by atoms with Crippen LogP contribution in [0.5, 0.6) is 11.5 Å². The van der Waals surface area contributed by atoms with Gasteiger partial charge in [-0.2, -0.15) is 0 Å². The first-order valence-corrected chi connectivity index (χ1v) is 8.05. The van der Waals surface area contributed by atoms with Crippen molar-refractivity contribution < 1.29 is 13.9 Å². The number of para-hydroxylation sites is 1. The second kappa shape index (κ2) is 9.08. The topological polar surface area (TPSA) is 42.5 Å². The molecule has 0 unspecified atom stereocenters. The predicted molar refractivity (Wildman–Crippen MR) is 98.5 cm³/mol. The number of hydrogen-bond donors (Lipinski definition) is 2. The first kappa shape index (κ1) is 18.0. The number of hydrogen-bond acceptors (Lipinski definition) is 3. The molecule has 2 rings (SSSR count). The summed E-state index contributed by atoms with van der Waals surface area (Å²) in [6, 6.07) is 12.3. The molecule has 0 aliphatic heterocycles. The maximum absolute atomic E-state index is 13.5. The number of halogens is 1. The summed E-state index contributed by atoms with van der Waals surface area (Å²) in [4.78, 5) is 0. The highest BCUT2D eigenvalue weighted by Gasteiger charge is 2.05. The van der Waals surface area contributed by atoms with E-state index in [0.717, 1.165) is 29.9 Å². The molecule has 0 spiro atoms. The second-order valence-corrected chi connectivity index (χ2v) is 5.56. The summed E-state index contributed by atoms with van der Waals surface area (Å²) in [5, 5.41) is 6.34. The van der Waals surface area contributed by atoms with Gasteiger partial charge in [-0.05, 0) is 54.9 Å². The zero-order chi connectivity index (χ0) is 17.4. The molecule has 0 heterocycles. The number of benzene rings is 2. The fourth-order valence-electron chi connectivity index (χ4n) is 2.26. The van der Waals surface area contributed by atoms with Crippen LogP contribution in [0.4, 0.5) is 10.1 Å². The Labute approximate surface area is 147 Å². The molecule has 2 N–H and O–H groups in total. The molecule has 0 aliphatic rings. The molecule has 2 aromatic rings. The lowest BCUT2D eigenvalue weighted by Crippen LogP contribution is -2.29. The van der Waals surface area contributed by atoms with Gasteiger partial charge in [-0.25, -0.2) is 4.39 Å². The van der Waals surface area contributed by atoms with Gasteiger partial charge in [0.05, 0.1) is 19.9 Å². The van der Waals surface area contributed by atoms with E-state index >= 15 is 0 Å². The average Bonchev–Trinajstić information content (AvgIpc) is 2.60. The van der Waals surface area contributed by atoms with Crippen molar-refractivity contribution in [2.24, 2.45) is 0 Å². The average molecular weight is 348 g/mol. The Bertz CT molecular complexity index is 694. The van der Waals surface area contributed by atoms with Crippen molar-refractivity contribution in [3.63, 3.8) is 0 Å². The van der Waals surface area contributed by atoms with Crippen molar-refractivity contribution in [1.29, 1.82) is 0 Å². The number of aryl methyl sites for hydroxylation is 1. The molecule has 0 fully saturated rings. The number of rotatable bonds is 7. The summed E-state index contributed by atoms with van der Waals surface area (Å²) < 4.78 is 24.0. The molecule has 0 radical (unpaired) electrons. The number of anilines is 1. The molecule has 0 atom stereocenters. The highest BCUT2D eigenvalue weighted by molar-refractivity contribution is 7.80. The number of ether oxygens (including phenoxy) is 2. The highest BCUT2D eigenvalue weighted by atomic mass is 32.1. The smallest absolute Gasteiger partial charge is 0.170 e. The van der Waals surface area contributed by atoms with Gasteiger partial charge < -0.3 is 20.1 Å². The zero-order valence-corrected chi connectivity index (χ0v) is 14.6. The summed E-state index contributed by atoms with van der Waals surface area (Å²) in [5.41, 5.74) is 1.53. The summed E-state index contributed by atoms with van der Waals surface area (Å²) in [6.07, 6.45) is 1.75. The van der Waals surface area contributed by atoms with Crippen LogP contribution in [-0.2, 0) is 6.42 Å². The summed E-state index contributed by atoms with van der Waals surface area (Å²) >= 11 is 5.17. The van der Waals surface area contributed by atoms with Crippen molar-refractivity contribution >= 4 is 23.0 Å². The van der Waals surface area contributed by atoms with Crippen LogP contribution < -0.4 is 20.1 Å². The van der Waals surface area contributed by atoms with Gasteiger partial charge in [-0.15, -0.1) is 0 Å². The molecule has 0 bridgehead atoms. The first-order valence-electron chi connectivity index (χ1n) is 7.64. The molecule has 24 heavy (non-hydrogen) atoms. The molecule has 0 aromatic heterocycles. The van der Waals surface area contributed by atoms with Gasteiger partial charge in [0.15, 0.2) is 16.6 Å². The Morgan fingerprint density at radius 2 is 1.83 bits per heavy atom. The highest BCUT2D eigenvalue weighted by Crippen LogP contribution is 2.27. The lowest BCUT2D eigenvalue weighted by Gasteiger charge is -2.12. The van der Waals surface area contributed by atoms with Crippen LogP contribution >= 0.6 is 12.2 Å². The standard InChI is InChI=1S/C18H21FN2O2S/c1-22-16-10-9-13(12-17(16)23-2)6-5-11-20-18(24)21-15-8-4-3-7-14(15)19/h3-4,7-10,12H,5-6,11H2,1-2H3,(H2,20,21,24). The van der Waals surface area contributed by atoms with Crippen molar-refractivity contribution in [2.45, 2.75) is 12.8 Å². The SMILES string of the molecule is COc1ccc(CCCNC(=S)Nc2ccccc2F)cc1OC. The predicted octanol–water partition coefficient (Wildman–Crippen LogP) is 3.76. The number of thiocarbonyl (C=S) groups is 1. The van der Waals surface area contributed by atoms with Crippen LogP contribution in [0.1, 0.15) is 12.0 Å². The number of methoxy groups -OCH3 is 2. The lowest BCUT2D eigenvalue weighted by atomic mass is 10.1. The third-order valence-corrected chi connectivity index (χ3v) is 3.74. The normalized spacial score (nSPS) is 10.1. The van der Waals surface area contributed by atoms with Crippen LogP contribution in [-0.4, -0.2) is 25.9 Å². The summed E-state index contributed by atoms with van der Waals surface area (Å²) in [5.74, 6) is 1.11. The minimum atomic E-state index is -0.327. The van der Waals surface area contributed by atoms with E-state index in [0.29, 0.717) is 17.3 Å². The van der Waals surface area contributed by atoms with E-state index in [1.165, 1.54) is 6.07 Å². The number of nitrogens with one attached hydrogen (secondary N) is 2. The third kappa shape index (κ3) is 5.09. The van der Waals surface area contributed by atoms with Crippen LogP contribution in [0.2, 0.25) is 0 Å². The Morgan fingerprint density at radius 3 is 2.54 bits per heavy atom. The summed E-state index contributed by atoms with van der Waals surface area (Å²) in [6.45, 7) is 0.689. The fraction of sp³-hybridized carbons (Fsp3) is 0.278. The van der Waals surface area contributed by atoms with E-state index in [2.05, 4.69) is 10.6 Å². The van der Waals surface area contributed by atoms with E-state index in [4.69, 9.17) is 21.7 Å². The van der Waals surface area contributed by atoms with Crippen LogP contribution in [0.15, 0.2) is 42.5 Å². The minimum Gasteiger partial charge on any atom is -0.493 e. The van der Waals surface area contributed by atoms with Crippen molar-refractivity contribution in [3.8, 4) is 11.5 Å². The molecule has 0 saturated heterocycles. The molecule has 128 valence electrons. The first-order chi connectivity index (χ1) is 11.6. The Balaban J connectivity index is 1.76. The van der Waals surface area contributed by atoms with Gasteiger partial charge in [0, 0.05) is 6.54 Å².